The van der Waals surface area contributed by atoms with Gasteiger partial charge in [-0.15, -0.1) is 0 Å². The highest BCUT2D eigenvalue weighted by molar-refractivity contribution is 5.92. The van der Waals surface area contributed by atoms with Crippen LogP contribution in [-0.2, 0) is 9.59 Å². The van der Waals surface area contributed by atoms with E-state index in [1.54, 1.807) is 6.92 Å². The number of aromatic nitrogens is 1. The molecule has 1 aliphatic heterocycles. The number of nitriles is 1. The zero-order valence-electron chi connectivity index (χ0n) is 17.3. The van der Waals surface area contributed by atoms with Crippen molar-refractivity contribution >= 4 is 17.6 Å². The van der Waals surface area contributed by atoms with E-state index >= 15 is 0 Å². The Morgan fingerprint density at radius 2 is 1.82 bits per heavy atom. The summed E-state index contributed by atoms with van der Waals surface area (Å²) in [5.41, 5.74) is 2.64. The maximum absolute atomic E-state index is 12.8. The van der Waals surface area contributed by atoms with Gasteiger partial charge in [-0.1, -0.05) is 19.3 Å². The highest BCUT2D eigenvalue weighted by Gasteiger charge is 2.28. The lowest BCUT2D eigenvalue weighted by molar-refractivity contribution is -0.895. The molecule has 2 aliphatic rings. The Balaban J connectivity index is 1.72. The SMILES string of the molecule is CC(=O)N1CC[NH+](CC(=O)Nc2c(C#N)c(C)c(C)n2C2CCCCC2)CC1. The minimum Gasteiger partial charge on any atom is -0.332 e. The van der Waals surface area contributed by atoms with Gasteiger partial charge in [-0.3, -0.25) is 9.59 Å². The predicted octanol–water partition coefficient (Wildman–Crippen LogP) is 1.17. The van der Waals surface area contributed by atoms with Gasteiger partial charge in [0.2, 0.25) is 5.91 Å². The molecule has 1 aromatic heterocycles. The molecule has 0 aromatic carbocycles. The number of anilines is 1. The number of hydrogen-bond donors (Lipinski definition) is 2. The van der Waals surface area contributed by atoms with Crippen LogP contribution in [0.5, 0.6) is 0 Å². The van der Waals surface area contributed by atoms with Crippen molar-refractivity contribution in [1.82, 2.24) is 9.47 Å². The molecule has 2 N–H and O–H groups in total. The fourth-order valence-corrected chi connectivity index (χ4v) is 4.60. The number of carbonyl (C=O) groups excluding carboxylic acids is 2. The van der Waals surface area contributed by atoms with Gasteiger partial charge in [0.1, 0.15) is 11.9 Å². The van der Waals surface area contributed by atoms with Crippen LogP contribution in [-0.4, -0.2) is 54.0 Å². The van der Waals surface area contributed by atoms with Crippen molar-refractivity contribution in [2.45, 2.75) is 58.9 Å². The summed E-state index contributed by atoms with van der Waals surface area (Å²) >= 11 is 0. The molecule has 0 radical (unpaired) electrons. The number of nitrogens with zero attached hydrogens (tertiary/aromatic N) is 3. The van der Waals surface area contributed by atoms with Crippen LogP contribution in [0.3, 0.4) is 0 Å². The standard InChI is InChI=1S/C21H31N5O2/c1-15-16(2)26(18-7-5-4-6-8-18)21(19(15)13-22)23-20(28)14-24-9-11-25(12-10-24)17(3)27/h18H,4-12,14H2,1-3H3,(H,23,28)/p+1. The molecule has 0 unspecified atom stereocenters. The van der Waals surface area contributed by atoms with Gasteiger partial charge in [0.05, 0.1) is 31.7 Å². The maximum atomic E-state index is 12.8. The molecular weight excluding hydrogens is 354 g/mol. The first kappa shape index (κ1) is 20.4. The molecule has 2 heterocycles. The predicted molar refractivity (Wildman–Crippen MR) is 107 cm³/mol. The molecule has 28 heavy (non-hydrogen) atoms. The first-order chi connectivity index (χ1) is 13.4. The van der Waals surface area contributed by atoms with Gasteiger partial charge in [0, 0.05) is 18.7 Å². The molecule has 1 aromatic rings. The number of rotatable bonds is 4. The van der Waals surface area contributed by atoms with Gasteiger partial charge in [-0.05, 0) is 32.3 Å². The molecule has 7 nitrogen and oxygen atoms in total. The van der Waals surface area contributed by atoms with Crippen LogP contribution in [0.15, 0.2) is 0 Å². The van der Waals surface area contributed by atoms with Crippen molar-refractivity contribution in [2.24, 2.45) is 0 Å². The van der Waals surface area contributed by atoms with Crippen LogP contribution in [0.2, 0.25) is 0 Å². The van der Waals surface area contributed by atoms with Crippen molar-refractivity contribution in [3.05, 3.63) is 16.8 Å². The summed E-state index contributed by atoms with van der Waals surface area (Å²) in [6.07, 6.45) is 5.85. The minimum absolute atomic E-state index is 0.0580. The first-order valence-corrected chi connectivity index (χ1v) is 10.4. The summed E-state index contributed by atoms with van der Waals surface area (Å²) in [7, 11) is 0. The van der Waals surface area contributed by atoms with Gasteiger partial charge in [0.25, 0.3) is 5.91 Å². The number of quaternary nitrogens is 1. The fourth-order valence-electron chi connectivity index (χ4n) is 4.60. The lowest BCUT2D eigenvalue weighted by atomic mass is 9.95. The van der Waals surface area contributed by atoms with E-state index in [4.69, 9.17) is 0 Å². The van der Waals surface area contributed by atoms with Gasteiger partial charge in [-0.2, -0.15) is 5.26 Å². The third-order valence-corrected chi connectivity index (χ3v) is 6.39. The Morgan fingerprint density at radius 1 is 1.18 bits per heavy atom. The molecule has 1 saturated carbocycles. The Morgan fingerprint density at radius 3 is 2.39 bits per heavy atom. The molecule has 152 valence electrons. The van der Waals surface area contributed by atoms with E-state index in [-0.39, 0.29) is 11.8 Å². The molecule has 3 rings (SSSR count). The first-order valence-electron chi connectivity index (χ1n) is 10.4. The van der Waals surface area contributed by atoms with Gasteiger partial charge in [-0.25, -0.2) is 0 Å². The minimum atomic E-state index is -0.0580. The van der Waals surface area contributed by atoms with E-state index < -0.39 is 0 Å². The second-order valence-corrected chi connectivity index (χ2v) is 8.19. The Hall–Kier alpha value is -2.33. The van der Waals surface area contributed by atoms with Crippen LogP contribution in [0, 0.1) is 25.2 Å². The van der Waals surface area contributed by atoms with E-state index in [1.807, 2.05) is 18.7 Å². The smallest absolute Gasteiger partial charge is 0.280 e. The summed E-state index contributed by atoms with van der Waals surface area (Å²) in [4.78, 5) is 27.3. The fraction of sp³-hybridized carbons (Fsp3) is 0.667. The lowest BCUT2D eigenvalue weighted by Gasteiger charge is -2.31. The summed E-state index contributed by atoms with van der Waals surface area (Å²) in [5, 5.41) is 12.8. The van der Waals surface area contributed by atoms with Crippen LogP contribution in [0.1, 0.15) is 61.9 Å². The average molecular weight is 387 g/mol. The summed E-state index contributed by atoms with van der Waals surface area (Å²) in [5.74, 6) is 0.715. The van der Waals surface area contributed by atoms with E-state index in [2.05, 4.69) is 16.0 Å². The Kier molecular flexibility index (Phi) is 6.40. The summed E-state index contributed by atoms with van der Waals surface area (Å²) in [6.45, 7) is 8.91. The summed E-state index contributed by atoms with van der Waals surface area (Å²) in [6, 6.07) is 2.66. The molecule has 0 bridgehead atoms. The van der Waals surface area contributed by atoms with Gasteiger partial charge >= 0.3 is 0 Å². The quantitative estimate of drug-likeness (QED) is 0.815. The zero-order chi connectivity index (χ0) is 20.3. The molecular formula is C21H32N5O2+. The normalized spacial score (nSPS) is 18.7. The van der Waals surface area contributed by atoms with Gasteiger partial charge in [0.15, 0.2) is 6.54 Å². The number of carbonyl (C=O) groups is 2. The monoisotopic (exact) mass is 386 g/mol. The largest absolute Gasteiger partial charge is 0.332 e. The third kappa shape index (κ3) is 4.22. The van der Waals surface area contributed by atoms with Crippen LogP contribution in [0.4, 0.5) is 5.82 Å². The lowest BCUT2D eigenvalue weighted by Crippen LogP contribution is -3.15. The molecule has 1 saturated heterocycles. The molecule has 2 amide bonds. The van der Waals surface area contributed by atoms with Crippen molar-refractivity contribution in [3.63, 3.8) is 0 Å². The Labute approximate surface area is 167 Å². The second kappa shape index (κ2) is 8.78. The highest BCUT2D eigenvalue weighted by atomic mass is 16.2. The van der Waals surface area contributed by atoms with E-state index in [9.17, 15) is 14.9 Å². The molecule has 2 fully saturated rings. The Bertz CT molecular complexity index is 778. The summed E-state index contributed by atoms with van der Waals surface area (Å²) < 4.78 is 2.20. The van der Waals surface area contributed by atoms with Crippen LogP contribution < -0.4 is 10.2 Å². The van der Waals surface area contributed by atoms with Crippen molar-refractivity contribution in [1.29, 1.82) is 5.26 Å². The van der Waals surface area contributed by atoms with Crippen molar-refractivity contribution < 1.29 is 14.5 Å². The topological polar surface area (TPSA) is 82.6 Å². The van der Waals surface area contributed by atoms with Crippen LogP contribution in [0.25, 0.3) is 0 Å². The number of amides is 2. The van der Waals surface area contributed by atoms with Crippen molar-refractivity contribution in [2.75, 3.05) is 38.0 Å². The number of hydrogen-bond acceptors (Lipinski definition) is 3. The number of piperazine rings is 1. The molecule has 7 heteroatoms. The zero-order valence-corrected chi connectivity index (χ0v) is 17.3. The molecule has 1 aliphatic carbocycles. The second-order valence-electron chi connectivity index (χ2n) is 8.19. The van der Waals surface area contributed by atoms with E-state index in [0.29, 0.717) is 37.1 Å². The van der Waals surface area contributed by atoms with E-state index in [1.165, 1.54) is 24.2 Å². The van der Waals surface area contributed by atoms with E-state index in [0.717, 1.165) is 37.2 Å². The van der Waals surface area contributed by atoms with Gasteiger partial charge < -0.3 is 19.7 Å². The van der Waals surface area contributed by atoms with Crippen molar-refractivity contribution in [3.8, 4) is 6.07 Å². The maximum Gasteiger partial charge on any atom is 0.280 e. The average Bonchev–Trinajstić information content (AvgIpc) is 2.92. The van der Waals surface area contributed by atoms with Crippen LogP contribution >= 0.6 is 0 Å². The number of nitrogens with one attached hydrogen (secondary N) is 2. The molecule has 0 atom stereocenters. The highest BCUT2D eigenvalue weighted by Crippen LogP contribution is 2.36. The third-order valence-electron chi connectivity index (χ3n) is 6.39. The molecule has 0 spiro atoms.